The molecule has 0 amide bonds. The number of nitrogens with zero attached hydrogens (tertiary/aromatic N) is 3. The number of hydrogen-bond donors (Lipinski definition) is 3. The van der Waals surface area contributed by atoms with E-state index in [1.54, 1.807) is 0 Å². The minimum atomic E-state index is -0.362. The number of rotatable bonds is 6. The minimum Gasteiger partial charge on any atom is -0.506 e. The summed E-state index contributed by atoms with van der Waals surface area (Å²) in [6.07, 6.45) is 2.23. The number of piperidine rings is 1. The average molecular weight is 542 g/mol. The van der Waals surface area contributed by atoms with Crippen LogP contribution < -0.4 is 11.5 Å². The molecule has 2 aromatic rings. The molecule has 218 valence electrons. The highest BCUT2D eigenvalue weighted by Gasteiger charge is 2.27. The Hall–Kier alpha value is -3.32. The van der Waals surface area contributed by atoms with E-state index in [1.807, 2.05) is 65.6 Å². The van der Waals surface area contributed by atoms with Crippen molar-refractivity contribution in [2.45, 2.75) is 74.8 Å². The molecule has 1 saturated heterocycles. The summed E-state index contributed by atoms with van der Waals surface area (Å²) in [5, 5.41) is 9.07. The van der Waals surface area contributed by atoms with E-state index in [2.05, 4.69) is 43.5 Å². The van der Waals surface area contributed by atoms with Gasteiger partial charge in [-0.25, -0.2) is 9.37 Å². The topological polar surface area (TPSA) is 91.6 Å². The van der Waals surface area contributed by atoms with Gasteiger partial charge in [0.2, 0.25) is 0 Å². The van der Waals surface area contributed by atoms with E-state index >= 15 is 0 Å². The first-order chi connectivity index (χ1) is 18.3. The molecule has 1 aromatic heterocycles. The van der Waals surface area contributed by atoms with Gasteiger partial charge >= 0.3 is 0 Å². The second-order valence-corrected chi connectivity index (χ2v) is 9.87. The highest BCUT2D eigenvalue weighted by Crippen LogP contribution is 2.34. The standard InChI is InChI=1S/C19H29FN4.C9H11NO.2C2H6/c1-13(17-11-16(20)10-15(12-21)18(17)22)23(5)14(2)24-8-6-19(3,4)7-9-24;1-6-4-5-7(2)10-9(6)8(3)11;2*1-2/h10-11H,1-2,6-9,12,21-22H2,3-5H3;4-5,11H,3H2,1-2H3;2*1-2H3. The van der Waals surface area contributed by atoms with Gasteiger partial charge in [-0.1, -0.05) is 67.3 Å². The zero-order valence-corrected chi connectivity index (χ0v) is 25.8. The molecule has 7 heteroatoms. The van der Waals surface area contributed by atoms with E-state index < -0.39 is 0 Å². The Balaban J connectivity index is 0.000000803. The summed E-state index contributed by atoms with van der Waals surface area (Å²) in [6, 6.07) is 6.59. The van der Waals surface area contributed by atoms with Crippen molar-refractivity contribution in [3.8, 4) is 0 Å². The van der Waals surface area contributed by atoms with E-state index in [0.29, 0.717) is 33.6 Å². The van der Waals surface area contributed by atoms with Crippen LogP contribution in [0.1, 0.15) is 82.5 Å². The molecule has 2 heterocycles. The molecule has 1 fully saturated rings. The molecule has 0 spiro atoms. The lowest BCUT2D eigenvalue weighted by Gasteiger charge is -2.41. The Kier molecular flexibility index (Phi) is 15.2. The van der Waals surface area contributed by atoms with Crippen LogP contribution in [-0.2, 0) is 6.54 Å². The summed E-state index contributed by atoms with van der Waals surface area (Å²) >= 11 is 0. The first-order valence-electron chi connectivity index (χ1n) is 13.7. The van der Waals surface area contributed by atoms with E-state index in [1.165, 1.54) is 12.1 Å². The van der Waals surface area contributed by atoms with Crippen molar-refractivity contribution in [2.24, 2.45) is 11.1 Å². The van der Waals surface area contributed by atoms with Gasteiger partial charge < -0.3 is 26.4 Å². The van der Waals surface area contributed by atoms with Crippen LogP contribution in [0.4, 0.5) is 10.1 Å². The third-order valence-electron chi connectivity index (χ3n) is 6.54. The molecule has 5 N–H and O–H groups in total. The number of hydrogen-bond acceptors (Lipinski definition) is 6. The molecule has 0 unspecified atom stereocenters. The second-order valence-electron chi connectivity index (χ2n) is 9.87. The van der Waals surface area contributed by atoms with E-state index in [-0.39, 0.29) is 18.1 Å². The van der Waals surface area contributed by atoms with Crippen molar-refractivity contribution in [1.29, 1.82) is 0 Å². The monoisotopic (exact) mass is 541 g/mol. The number of nitrogens with two attached hydrogens (primary N) is 2. The van der Waals surface area contributed by atoms with Crippen LogP contribution in [-0.4, -0.2) is 40.0 Å². The zero-order chi connectivity index (χ0) is 30.5. The van der Waals surface area contributed by atoms with Gasteiger partial charge in [-0.15, -0.1) is 0 Å². The largest absolute Gasteiger partial charge is 0.506 e. The Labute approximate surface area is 236 Å². The van der Waals surface area contributed by atoms with Crippen molar-refractivity contribution >= 4 is 17.1 Å². The predicted octanol–water partition coefficient (Wildman–Crippen LogP) is 7.64. The van der Waals surface area contributed by atoms with Gasteiger partial charge in [0.1, 0.15) is 23.1 Å². The van der Waals surface area contributed by atoms with Gasteiger partial charge in [0.15, 0.2) is 0 Å². The Morgan fingerprint density at radius 1 is 1.08 bits per heavy atom. The smallest absolute Gasteiger partial charge is 0.134 e. The van der Waals surface area contributed by atoms with Gasteiger partial charge in [-0.3, -0.25) is 0 Å². The van der Waals surface area contributed by atoms with Crippen molar-refractivity contribution in [3.05, 3.63) is 83.7 Å². The summed E-state index contributed by atoms with van der Waals surface area (Å²) in [6.45, 7) is 30.2. The van der Waals surface area contributed by atoms with Gasteiger partial charge in [0.25, 0.3) is 0 Å². The Morgan fingerprint density at radius 2 is 1.62 bits per heavy atom. The summed E-state index contributed by atoms with van der Waals surface area (Å²) in [4.78, 5) is 8.25. The Bertz CT molecular complexity index is 1100. The molecule has 1 aromatic carbocycles. The average Bonchev–Trinajstić information content (AvgIpc) is 2.92. The van der Waals surface area contributed by atoms with Crippen LogP contribution in [0.25, 0.3) is 11.5 Å². The van der Waals surface area contributed by atoms with Crippen LogP contribution in [0.15, 0.2) is 49.8 Å². The molecule has 39 heavy (non-hydrogen) atoms. The summed E-state index contributed by atoms with van der Waals surface area (Å²) in [5.41, 5.74) is 16.8. The number of aryl methyl sites for hydroxylation is 2. The quantitative estimate of drug-likeness (QED) is 0.257. The second kappa shape index (κ2) is 16.6. The lowest BCUT2D eigenvalue weighted by molar-refractivity contribution is 0.142. The van der Waals surface area contributed by atoms with Crippen LogP contribution in [0.5, 0.6) is 0 Å². The highest BCUT2D eigenvalue weighted by molar-refractivity contribution is 5.75. The van der Waals surface area contributed by atoms with Gasteiger partial charge in [0, 0.05) is 49.3 Å². The molecular weight excluding hydrogens is 489 g/mol. The van der Waals surface area contributed by atoms with Crippen LogP contribution >= 0.6 is 0 Å². The van der Waals surface area contributed by atoms with Crippen molar-refractivity contribution < 1.29 is 9.50 Å². The number of aliphatic hydroxyl groups excluding tert-OH is 1. The summed E-state index contributed by atoms with van der Waals surface area (Å²) < 4.78 is 13.9. The lowest BCUT2D eigenvalue weighted by atomic mass is 9.83. The highest BCUT2D eigenvalue weighted by atomic mass is 19.1. The first kappa shape index (κ1) is 35.7. The van der Waals surface area contributed by atoms with Crippen molar-refractivity contribution in [3.63, 3.8) is 0 Å². The summed E-state index contributed by atoms with van der Waals surface area (Å²) in [5.74, 6) is 0.527. The van der Waals surface area contributed by atoms with Gasteiger partial charge in [-0.2, -0.15) is 0 Å². The molecule has 3 rings (SSSR count). The van der Waals surface area contributed by atoms with Crippen LogP contribution in [0, 0.1) is 25.1 Å². The molecule has 1 aliphatic rings. The fourth-order valence-electron chi connectivity index (χ4n) is 3.92. The third-order valence-corrected chi connectivity index (χ3v) is 6.54. The lowest BCUT2D eigenvalue weighted by Crippen LogP contribution is -2.40. The van der Waals surface area contributed by atoms with E-state index in [9.17, 15) is 4.39 Å². The van der Waals surface area contributed by atoms with E-state index in [0.717, 1.165) is 43.0 Å². The first-order valence-corrected chi connectivity index (χ1v) is 13.7. The molecule has 0 aliphatic carbocycles. The van der Waals surface area contributed by atoms with E-state index in [4.69, 9.17) is 16.6 Å². The number of halogens is 1. The fraction of sp³-hybridized carbons (Fsp3) is 0.469. The molecule has 0 radical (unpaired) electrons. The maximum absolute atomic E-state index is 13.9. The van der Waals surface area contributed by atoms with Crippen LogP contribution in [0.3, 0.4) is 0 Å². The number of nitrogen functional groups attached to an aromatic ring is 1. The van der Waals surface area contributed by atoms with Crippen molar-refractivity contribution in [2.75, 3.05) is 25.9 Å². The molecule has 0 saturated carbocycles. The summed E-state index contributed by atoms with van der Waals surface area (Å²) in [7, 11) is 1.89. The Morgan fingerprint density at radius 3 is 2.08 bits per heavy atom. The van der Waals surface area contributed by atoms with Crippen LogP contribution in [0.2, 0.25) is 0 Å². The number of pyridine rings is 1. The maximum Gasteiger partial charge on any atom is 0.134 e. The number of aliphatic hydroxyl groups is 1. The number of aromatic nitrogens is 1. The molecule has 6 nitrogen and oxygen atoms in total. The fourth-order valence-corrected chi connectivity index (χ4v) is 3.92. The molecule has 0 atom stereocenters. The third kappa shape index (κ3) is 10.4. The van der Waals surface area contributed by atoms with Gasteiger partial charge in [-0.05, 0) is 61.4 Å². The number of likely N-dealkylation sites (tertiary alicyclic amines) is 1. The molecular formula is C32H52FN5O. The molecule has 0 bridgehead atoms. The zero-order valence-electron chi connectivity index (χ0n) is 25.8. The minimum absolute atomic E-state index is 0.0335. The van der Waals surface area contributed by atoms with Crippen molar-refractivity contribution in [1.82, 2.24) is 14.8 Å². The van der Waals surface area contributed by atoms with Gasteiger partial charge in [0.05, 0.1) is 0 Å². The number of anilines is 1. The SMILES string of the molecule is C=C(O)c1nc(C)ccc1C.C=C(c1cc(F)cc(CN)c1N)N(C)C(=C)N1CCC(C)(C)CC1.CC.CC. The predicted molar refractivity (Wildman–Crippen MR) is 167 cm³/mol. The number of benzene rings is 1. The normalized spacial score (nSPS) is 13.4. The molecule has 1 aliphatic heterocycles. The maximum atomic E-state index is 13.9.